The topological polar surface area (TPSA) is 203 Å². The van der Waals surface area contributed by atoms with Gasteiger partial charge in [0.15, 0.2) is 11.2 Å². The zero-order valence-electron chi connectivity index (χ0n) is 40.4. The molecule has 12 nitrogen and oxygen atoms in total. The van der Waals surface area contributed by atoms with E-state index in [-0.39, 0.29) is 31.1 Å². The number of aliphatic hydroxyl groups is 2. The number of carbonyl (C=O) groups is 3. The van der Waals surface area contributed by atoms with Gasteiger partial charge in [0.25, 0.3) is 0 Å². The van der Waals surface area contributed by atoms with Crippen molar-refractivity contribution in [1.82, 2.24) is 0 Å². The molecule has 5 atom stereocenters. The molecule has 3 aromatic rings. The van der Waals surface area contributed by atoms with Gasteiger partial charge < -0.3 is 38.5 Å². The number of rotatable bonds is 10. The van der Waals surface area contributed by atoms with Crippen LogP contribution in [-0.4, -0.2) is 88.7 Å². The van der Waals surface area contributed by atoms with Crippen molar-refractivity contribution in [3.63, 3.8) is 0 Å². The minimum Gasteiger partial charge on any atom is -0.611 e. The van der Waals surface area contributed by atoms with Gasteiger partial charge in [-0.1, -0.05) is 123 Å². The number of Topliss-reactive ketones (excluding diaryl/α,β-unsaturated/α-hetero) is 1. The van der Waals surface area contributed by atoms with E-state index in [1.807, 2.05) is 96.4 Å². The Hall–Kier alpha value is -3.42. The lowest BCUT2D eigenvalue weighted by molar-refractivity contribution is -0.420. The molecular weight excluding hydrogens is 973 g/mol. The summed E-state index contributed by atoms with van der Waals surface area (Å²) in [7, 11) is 0. The second kappa shape index (κ2) is 30.1. The fourth-order valence-electron chi connectivity index (χ4n) is 6.84. The number of aliphatic carboxylic acids is 2. The largest absolute Gasteiger partial charge is 0.856 e. The second-order valence-corrected chi connectivity index (χ2v) is 22.4. The molecule has 1 heterocycles. The van der Waals surface area contributed by atoms with Crippen molar-refractivity contribution in [3.05, 3.63) is 92.4 Å². The second-order valence-electron chi connectivity index (χ2n) is 18.4. The van der Waals surface area contributed by atoms with Crippen LogP contribution in [-0.2, 0) is 14.4 Å². The molecule has 7 N–H and O–H groups in total. The predicted molar refractivity (Wildman–Crippen MR) is 272 cm³/mol. The van der Waals surface area contributed by atoms with E-state index >= 15 is 0 Å². The first kappa shape index (κ1) is 59.6. The van der Waals surface area contributed by atoms with Crippen LogP contribution < -0.4 is 13.3 Å². The van der Waals surface area contributed by atoms with Gasteiger partial charge in [0.1, 0.15) is 11.8 Å². The molecule has 65 heavy (non-hydrogen) atoms. The molecule has 0 radical (unpaired) electrons. The van der Waals surface area contributed by atoms with Crippen LogP contribution in [0.1, 0.15) is 145 Å². The van der Waals surface area contributed by atoms with E-state index in [9.17, 15) is 14.4 Å². The van der Waals surface area contributed by atoms with E-state index in [1.165, 1.54) is 32.3 Å². The van der Waals surface area contributed by atoms with E-state index in [0.717, 1.165) is 56.1 Å². The van der Waals surface area contributed by atoms with Crippen LogP contribution in [0.15, 0.2) is 85.7 Å². The fourth-order valence-corrected chi connectivity index (χ4v) is 8.98. The molecule has 15 heteroatoms. The number of hydrogen-bond acceptors (Lipinski definition) is 9. The number of halogens is 2. The first-order chi connectivity index (χ1) is 30.3. The molecule has 1 aliphatic carbocycles. The van der Waals surface area contributed by atoms with E-state index in [1.54, 1.807) is 6.92 Å². The van der Waals surface area contributed by atoms with E-state index in [0.29, 0.717) is 24.8 Å². The molecule has 0 unspecified atom stereocenters. The van der Waals surface area contributed by atoms with Crippen LogP contribution in [0, 0.1) is 17.8 Å². The summed E-state index contributed by atoms with van der Waals surface area (Å²) in [4.78, 5) is 40.8. The molecule has 0 amide bonds. The summed E-state index contributed by atoms with van der Waals surface area (Å²) in [6.45, 7) is 20.0. The van der Waals surface area contributed by atoms with E-state index in [4.69, 9.17) is 38.0 Å². The normalized spacial score (nSPS) is 17.6. The van der Waals surface area contributed by atoms with Gasteiger partial charge in [-0.05, 0) is 113 Å². The highest BCUT2D eigenvalue weighted by Crippen LogP contribution is 2.30. The SMILES string of the molecule is CC(=O)CC(C)C.CC(C)C[C@](C)(O)C(=O)O.CC(C)C[C@](C)(O)C(=O)O.C[C@H]([NH3+])c1ccccc1.C[CH2][Al]1[O]c2ccc(Br)cc2C=N[C@@H]2CCCC[C@H]2N=Cc2cc(Br)ccc2[O]1.[2HH]. The summed E-state index contributed by atoms with van der Waals surface area (Å²) in [5.74, 6) is 0.579. The van der Waals surface area contributed by atoms with Crippen LogP contribution in [0.4, 0.5) is 0 Å². The molecule has 362 valence electrons. The highest BCUT2D eigenvalue weighted by Gasteiger charge is 2.33. The quantitative estimate of drug-likeness (QED) is 0.122. The Morgan fingerprint density at radius 2 is 1.14 bits per heavy atom. The number of carboxylic acid groups (broad SMARTS) is 2. The zero-order valence-corrected chi connectivity index (χ0v) is 44.7. The van der Waals surface area contributed by atoms with Crippen LogP contribution >= 0.6 is 31.9 Å². The van der Waals surface area contributed by atoms with Crippen molar-refractivity contribution < 1.29 is 49.5 Å². The van der Waals surface area contributed by atoms with Gasteiger partial charge in [0.2, 0.25) is 0 Å². The van der Waals surface area contributed by atoms with E-state index in [2.05, 4.69) is 75.7 Å². The number of ketones is 1. The molecule has 2 aliphatic rings. The van der Waals surface area contributed by atoms with Crippen LogP contribution in [0.25, 0.3) is 0 Å². The molecule has 0 spiro atoms. The average molecular weight is 1050 g/mol. The Balaban J connectivity index is 0.000000940. The molecule has 1 aliphatic heterocycles. The summed E-state index contributed by atoms with van der Waals surface area (Å²) in [6.07, 6.45) is 9.76. The maximum absolute atomic E-state index is 10.3. The van der Waals surface area contributed by atoms with Crippen LogP contribution in [0.3, 0.4) is 0 Å². The minimum atomic E-state index is -1.97. The summed E-state index contributed by atoms with van der Waals surface area (Å²) in [5.41, 5.74) is 4.06. The van der Waals surface area contributed by atoms with Crippen molar-refractivity contribution in [2.75, 3.05) is 0 Å². The molecular formula is C50H77AlBr2N3O9+. The van der Waals surface area contributed by atoms with Crippen LogP contribution in [0.2, 0.25) is 5.28 Å². The third-order valence-corrected chi connectivity index (χ3v) is 12.6. The summed E-state index contributed by atoms with van der Waals surface area (Å²) < 4.78 is 14.8. The number of carbonyl (C=O) groups excluding carboxylic acids is 1. The third kappa shape index (κ3) is 24.8. The fraction of sp³-hybridized carbons (Fsp3) is 0.540. The Bertz CT molecular complexity index is 1860. The highest BCUT2D eigenvalue weighted by molar-refractivity contribution is 9.10. The van der Waals surface area contributed by atoms with Crippen molar-refractivity contribution in [2.24, 2.45) is 27.7 Å². The monoisotopic (exact) mass is 1050 g/mol. The van der Waals surface area contributed by atoms with Gasteiger partial charge >= 0.3 is 26.8 Å². The first-order valence-electron chi connectivity index (χ1n) is 22.6. The first-order valence-corrected chi connectivity index (χ1v) is 25.9. The van der Waals surface area contributed by atoms with Crippen molar-refractivity contribution in [3.8, 4) is 11.5 Å². The Morgan fingerprint density at radius 3 is 1.40 bits per heavy atom. The van der Waals surface area contributed by atoms with Crippen molar-refractivity contribution in [1.29, 1.82) is 0 Å². The van der Waals surface area contributed by atoms with Crippen molar-refractivity contribution >= 4 is 76.8 Å². The summed E-state index contributed by atoms with van der Waals surface area (Å²) in [5, 5.41) is 36.1. The number of benzene rings is 3. The molecule has 1 saturated carbocycles. The van der Waals surface area contributed by atoms with Crippen molar-refractivity contribution in [2.45, 2.75) is 156 Å². The van der Waals surface area contributed by atoms with Gasteiger partial charge in [-0.15, -0.1) is 0 Å². The third-order valence-electron chi connectivity index (χ3n) is 9.90. The lowest BCUT2D eigenvalue weighted by atomic mass is 9.91. The lowest BCUT2D eigenvalue weighted by Gasteiger charge is -2.25. The molecule has 0 bridgehead atoms. The number of carboxylic acids is 2. The zero-order chi connectivity index (χ0) is 49.5. The van der Waals surface area contributed by atoms with Gasteiger partial charge in [-0.3, -0.25) is 9.98 Å². The summed E-state index contributed by atoms with van der Waals surface area (Å²) in [6, 6.07) is 23.2. The average Bonchev–Trinajstić information content (AvgIpc) is 3.21. The molecule has 1 fully saturated rings. The lowest BCUT2D eigenvalue weighted by Crippen LogP contribution is -2.51. The Kier molecular flexibility index (Phi) is 27.6. The molecule has 3 aromatic carbocycles. The number of quaternary nitrogens is 1. The Labute approximate surface area is 411 Å². The van der Waals surface area contributed by atoms with Gasteiger partial charge in [0.05, 0.1) is 23.6 Å². The van der Waals surface area contributed by atoms with Gasteiger partial charge in [-0.25, -0.2) is 9.59 Å². The molecule has 5 rings (SSSR count). The maximum Gasteiger partial charge on any atom is 0.856 e. The number of aliphatic imine (C=N–C) groups is 2. The molecule has 0 saturated heterocycles. The number of fused-ring (bicyclic) bond motifs is 3. The maximum atomic E-state index is 10.3. The minimum absolute atomic E-state index is 0. The van der Waals surface area contributed by atoms with E-state index < -0.39 is 38.0 Å². The standard InChI is InChI=1S/C20H20Br2N2O2.C8H11N.2C7H14O3.C6H12O.C2H5.Al.H2/c21-15-5-7-19(25)13(9-15)11-23-17-3-1-2-4-18(17)24-12-14-10-16(22)6-8-20(14)26;1-7(9)8-5-3-2-4-6-8;2*1-5(2)4-7(3,10)6(8)9;1-5(2)4-6(3)7;1-2;;/h5-12,17-18,25-26H,1-4H2;2-7H,9H2,1H3;2*5,10H,4H2,1-3H3,(H,8,9);5H,4H2,1-3H3;1H2,2H3;;1H/q;;;;;;+2;/p-1/t17-,18-;3*7-;;;;/m1000..../s1/i;;;;;;;1+1. The predicted octanol–water partition coefficient (Wildman–Crippen LogP) is 10.9. The Morgan fingerprint density at radius 1 is 0.738 bits per heavy atom. The number of hydrogen-bond donors (Lipinski definition) is 5. The van der Waals surface area contributed by atoms with Crippen LogP contribution in [0.5, 0.6) is 11.5 Å². The number of nitrogens with zero attached hydrogens (tertiary/aromatic N) is 2. The van der Waals surface area contributed by atoms with Gasteiger partial charge in [0, 0.05) is 45.9 Å². The smallest absolute Gasteiger partial charge is 0.611 e. The molecule has 0 aromatic heterocycles. The van der Waals surface area contributed by atoms with Gasteiger partial charge in [-0.2, -0.15) is 0 Å². The summed E-state index contributed by atoms with van der Waals surface area (Å²) >= 11 is 5.18. The highest BCUT2D eigenvalue weighted by atomic mass is 79.9.